The van der Waals surface area contributed by atoms with E-state index >= 15 is 0 Å². The van der Waals surface area contributed by atoms with E-state index in [2.05, 4.69) is 0 Å². The van der Waals surface area contributed by atoms with Crippen molar-refractivity contribution in [2.24, 2.45) is 11.5 Å². The molecule has 5 heteroatoms. The van der Waals surface area contributed by atoms with Crippen molar-refractivity contribution in [3.8, 4) is 0 Å². The van der Waals surface area contributed by atoms with E-state index in [0.717, 1.165) is 32.1 Å². The van der Waals surface area contributed by atoms with Gasteiger partial charge in [-0.05, 0) is 38.5 Å². The van der Waals surface area contributed by atoms with Gasteiger partial charge in [-0.3, -0.25) is 9.59 Å². The number of carbonyl (C=O) groups excluding carboxylic acids is 2. The van der Waals surface area contributed by atoms with Gasteiger partial charge < -0.3 is 16.4 Å². The lowest BCUT2D eigenvalue weighted by atomic mass is 9.75. The molecule has 1 heterocycles. The summed E-state index contributed by atoms with van der Waals surface area (Å²) in [6.45, 7) is 0.641. The summed E-state index contributed by atoms with van der Waals surface area (Å²) in [7, 11) is 0. The second-order valence-electron chi connectivity index (χ2n) is 5.39. The van der Waals surface area contributed by atoms with Gasteiger partial charge in [0, 0.05) is 18.5 Å². The molecule has 5 nitrogen and oxygen atoms in total. The molecule has 96 valence electrons. The van der Waals surface area contributed by atoms with E-state index in [-0.39, 0.29) is 11.4 Å². The molecule has 0 aromatic rings. The Morgan fingerprint density at radius 2 is 1.94 bits per heavy atom. The largest absolute Gasteiger partial charge is 0.368 e. The van der Waals surface area contributed by atoms with E-state index in [1.54, 1.807) is 4.90 Å². The van der Waals surface area contributed by atoms with Crippen LogP contribution in [0.2, 0.25) is 0 Å². The summed E-state index contributed by atoms with van der Waals surface area (Å²) >= 11 is 0. The van der Waals surface area contributed by atoms with Gasteiger partial charge in [-0.15, -0.1) is 0 Å². The molecule has 0 unspecified atom stereocenters. The number of likely N-dealkylation sites (tertiary alicyclic amines) is 1. The monoisotopic (exact) mass is 239 g/mol. The molecular formula is C12H21N3O2. The average Bonchev–Trinajstić information content (AvgIpc) is 2.26. The molecule has 0 radical (unpaired) electrons. The van der Waals surface area contributed by atoms with Crippen LogP contribution < -0.4 is 11.5 Å². The summed E-state index contributed by atoms with van der Waals surface area (Å²) in [5.41, 5.74) is 11.1. The van der Waals surface area contributed by atoms with E-state index in [0.29, 0.717) is 19.4 Å². The number of hydrogen-bond donors (Lipinski definition) is 2. The van der Waals surface area contributed by atoms with Gasteiger partial charge >= 0.3 is 0 Å². The lowest BCUT2D eigenvalue weighted by Gasteiger charge is -2.41. The van der Waals surface area contributed by atoms with Crippen molar-refractivity contribution in [2.45, 2.75) is 56.5 Å². The smallest absolute Gasteiger partial charge is 0.240 e. The highest BCUT2D eigenvalue weighted by molar-refractivity contribution is 5.87. The third-order valence-electron chi connectivity index (χ3n) is 4.00. The molecule has 1 aliphatic heterocycles. The Hall–Kier alpha value is -1.10. The SMILES string of the molecule is NC(=O)[C@H]1CCCCN1C(=O)CC1(N)CCC1. The normalized spacial score (nSPS) is 27.4. The van der Waals surface area contributed by atoms with Gasteiger partial charge in [0.05, 0.1) is 0 Å². The molecule has 17 heavy (non-hydrogen) atoms. The molecule has 0 spiro atoms. The Morgan fingerprint density at radius 1 is 1.24 bits per heavy atom. The van der Waals surface area contributed by atoms with Crippen molar-refractivity contribution in [3.63, 3.8) is 0 Å². The van der Waals surface area contributed by atoms with Crippen LogP contribution >= 0.6 is 0 Å². The van der Waals surface area contributed by atoms with E-state index in [4.69, 9.17) is 11.5 Å². The fraction of sp³-hybridized carbons (Fsp3) is 0.833. The lowest BCUT2D eigenvalue weighted by molar-refractivity contribution is -0.142. The fourth-order valence-corrected chi connectivity index (χ4v) is 2.74. The zero-order chi connectivity index (χ0) is 12.5. The van der Waals surface area contributed by atoms with Gasteiger partial charge in [-0.1, -0.05) is 0 Å². The van der Waals surface area contributed by atoms with E-state index in [1.165, 1.54) is 0 Å². The third kappa shape index (κ3) is 2.60. The standard InChI is InChI=1S/C12H21N3O2/c13-11(17)9-4-1-2-7-15(9)10(16)8-12(14)5-3-6-12/h9H,1-8,14H2,(H2,13,17)/t9-/m1/s1. The molecule has 2 rings (SSSR count). The van der Waals surface area contributed by atoms with Crippen LogP contribution in [0.1, 0.15) is 44.9 Å². The van der Waals surface area contributed by atoms with Crippen molar-refractivity contribution in [3.05, 3.63) is 0 Å². The highest BCUT2D eigenvalue weighted by Gasteiger charge is 2.38. The molecule has 2 amide bonds. The second kappa shape index (κ2) is 4.64. The van der Waals surface area contributed by atoms with Crippen LogP contribution in [0.5, 0.6) is 0 Å². The predicted octanol–water partition coefficient (Wildman–Crippen LogP) is 0.124. The zero-order valence-corrected chi connectivity index (χ0v) is 10.2. The quantitative estimate of drug-likeness (QED) is 0.733. The first-order valence-corrected chi connectivity index (χ1v) is 6.39. The Labute approximate surface area is 102 Å². The van der Waals surface area contributed by atoms with Crippen molar-refractivity contribution in [1.82, 2.24) is 4.90 Å². The van der Waals surface area contributed by atoms with E-state index < -0.39 is 11.9 Å². The number of nitrogens with zero attached hydrogens (tertiary/aromatic N) is 1. The van der Waals surface area contributed by atoms with E-state index in [9.17, 15) is 9.59 Å². The topological polar surface area (TPSA) is 89.4 Å². The Morgan fingerprint density at radius 3 is 2.47 bits per heavy atom. The van der Waals surface area contributed by atoms with Crippen molar-refractivity contribution >= 4 is 11.8 Å². The van der Waals surface area contributed by atoms with Crippen LogP contribution in [0.25, 0.3) is 0 Å². The fourth-order valence-electron chi connectivity index (χ4n) is 2.74. The number of primary amides is 1. The number of carbonyl (C=O) groups is 2. The van der Waals surface area contributed by atoms with Crippen molar-refractivity contribution in [2.75, 3.05) is 6.54 Å². The number of amides is 2. The Balaban J connectivity index is 1.98. The first-order chi connectivity index (χ1) is 8.02. The minimum absolute atomic E-state index is 0.00398. The summed E-state index contributed by atoms with van der Waals surface area (Å²) in [6.07, 6.45) is 5.89. The number of hydrogen-bond acceptors (Lipinski definition) is 3. The Bertz CT molecular complexity index is 326. The highest BCUT2D eigenvalue weighted by Crippen LogP contribution is 2.33. The van der Waals surface area contributed by atoms with Crippen molar-refractivity contribution < 1.29 is 9.59 Å². The molecule has 4 N–H and O–H groups in total. The van der Waals surface area contributed by atoms with Gasteiger partial charge in [-0.2, -0.15) is 0 Å². The number of nitrogens with two attached hydrogens (primary N) is 2. The highest BCUT2D eigenvalue weighted by atomic mass is 16.2. The Kier molecular flexibility index (Phi) is 3.38. The number of rotatable bonds is 3. The summed E-state index contributed by atoms with van der Waals surface area (Å²) in [5.74, 6) is -0.395. The molecule has 0 aromatic heterocycles. The maximum Gasteiger partial charge on any atom is 0.240 e. The number of piperidine rings is 1. The van der Waals surface area contributed by atoms with Crippen LogP contribution in [0, 0.1) is 0 Å². The van der Waals surface area contributed by atoms with Crippen LogP contribution in [0.4, 0.5) is 0 Å². The van der Waals surface area contributed by atoms with Crippen LogP contribution in [-0.2, 0) is 9.59 Å². The summed E-state index contributed by atoms with van der Waals surface area (Å²) < 4.78 is 0. The molecule has 1 aliphatic carbocycles. The first-order valence-electron chi connectivity index (χ1n) is 6.39. The minimum atomic E-state index is -0.417. The molecular weight excluding hydrogens is 218 g/mol. The third-order valence-corrected chi connectivity index (χ3v) is 4.00. The summed E-state index contributed by atoms with van der Waals surface area (Å²) in [6, 6.07) is -0.417. The summed E-state index contributed by atoms with van der Waals surface area (Å²) in [4.78, 5) is 25.1. The van der Waals surface area contributed by atoms with E-state index in [1.807, 2.05) is 0 Å². The molecule has 0 aromatic carbocycles. The van der Waals surface area contributed by atoms with Gasteiger partial charge in [0.25, 0.3) is 0 Å². The molecule has 1 saturated carbocycles. The van der Waals surface area contributed by atoms with Crippen molar-refractivity contribution in [1.29, 1.82) is 0 Å². The lowest BCUT2D eigenvalue weighted by Crippen LogP contribution is -2.55. The second-order valence-corrected chi connectivity index (χ2v) is 5.39. The van der Waals surface area contributed by atoms with Gasteiger partial charge in [0.2, 0.25) is 11.8 Å². The molecule has 2 aliphatic rings. The average molecular weight is 239 g/mol. The van der Waals surface area contributed by atoms with Crippen LogP contribution in [-0.4, -0.2) is 34.8 Å². The van der Waals surface area contributed by atoms with Gasteiger partial charge in [0.15, 0.2) is 0 Å². The summed E-state index contributed by atoms with van der Waals surface area (Å²) in [5, 5.41) is 0. The minimum Gasteiger partial charge on any atom is -0.368 e. The zero-order valence-electron chi connectivity index (χ0n) is 10.2. The predicted molar refractivity (Wildman–Crippen MR) is 63.9 cm³/mol. The molecule has 1 saturated heterocycles. The van der Waals surface area contributed by atoms with Crippen LogP contribution in [0.15, 0.2) is 0 Å². The van der Waals surface area contributed by atoms with Gasteiger partial charge in [-0.25, -0.2) is 0 Å². The molecule has 2 fully saturated rings. The molecule has 1 atom stereocenters. The van der Waals surface area contributed by atoms with Crippen LogP contribution in [0.3, 0.4) is 0 Å². The maximum atomic E-state index is 12.2. The first kappa shape index (κ1) is 12.4. The molecule has 0 bridgehead atoms. The van der Waals surface area contributed by atoms with Gasteiger partial charge in [0.1, 0.15) is 6.04 Å². The maximum absolute atomic E-state index is 12.2.